The summed E-state index contributed by atoms with van der Waals surface area (Å²) in [6.07, 6.45) is 10.2. The van der Waals surface area contributed by atoms with Crippen molar-refractivity contribution in [3.05, 3.63) is 53.1 Å². The van der Waals surface area contributed by atoms with Crippen molar-refractivity contribution >= 4 is 5.95 Å². The van der Waals surface area contributed by atoms with Crippen molar-refractivity contribution in [2.45, 2.75) is 44.7 Å². The van der Waals surface area contributed by atoms with Crippen LogP contribution in [0.3, 0.4) is 0 Å². The fourth-order valence-corrected chi connectivity index (χ4v) is 3.24. The maximum atomic E-state index is 12.3. The first-order valence-electron chi connectivity index (χ1n) is 8.69. The van der Waals surface area contributed by atoms with Crippen LogP contribution in [-0.4, -0.2) is 40.6 Å². The van der Waals surface area contributed by atoms with Crippen molar-refractivity contribution in [1.29, 1.82) is 0 Å². The smallest absolute Gasteiger partial charge is 0.267 e. The molecule has 0 saturated heterocycles. The average Bonchev–Trinajstić information content (AvgIpc) is 3.20. The molecule has 0 bridgehead atoms. The second kappa shape index (κ2) is 7.03. The minimum Gasteiger partial charge on any atom is -0.351 e. The predicted octanol–water partition coefficient (Wildman–Crippen LogP) is 1.52. The Morgan fingerprint density at radius 3 is 2.58 bits per heavy atom. The molecule has 0 aliphatic heterocycles. The molecule has 1 saturated carbocycles. The third-order valence-corrected chi connectivity index (χ3v) is 4.62. The van der Waals surface area contributed by atoms with E-state index >= 15 is 0 Å². The second-order valence-corrected chi connectivity index (χ2v) is 6.55. The molecular formula is C17H20N8O. The molecule has 1 aliphatic rings. The van der Waals surface area contributed by atoms with E-state index in [1.54, 1.807) is 34.2 Å². The van der Waals surface area contributed by atoms with E-state index in [0.29, 0.717) is 17.8 Å². The van der Waals surface area contributed by atoms with E-state index in [2.05, 4.69) is 30.5 Å². The van der Waals surface area contributed by atoms with Crippen molar-refractivity contribution in [2.24, 2.45) is 0 Å². The van der Waals surface area contributed by atoms with E-state index in [1.807, 2.05) is 6.92 Å². The number of rotatable bonds is 4. The fraction of sp³-hybridized carbons (Fsp3) is 0.412. The van der Waals surface area contributed by atoms with Gasteiger partial charge in [0.15, 0.2) is 5.82 Å². The molecule has 0 spiro atoms. The summed E-state index contributed by atoms with van der Waals surface area (Å²) in [7, 11) is 0. The Balaban J connectivity index is 1.44. The van der Waals surface area contributed by atoms with Crippen LogP contribution in [0.5, 0.6) is 0 Å². The van der Waals surface area contributed by atoms with Crippen LogP contribution in [0.15, 0.2) is 42.0 Å². The van der Waals surface area contributed by atoms with E-state index in [4.69, 9.17) is 0 Å². The van der Waals surface area contributed by atoms with Gasteiger partial charge < -0.3 is 5.32 Å². The van der Waals surface area contributed by atoms with Crippen LogP contribution in [0.1, 0.15) is 37.3 Å². The first-order chi connectivity index (χ1) is 12.7. The number of anilines is 1. The molecule has 134 valence electrons. The van der Waals surface area contributed by atoms with Crippen molar-refractivity contribution in [1.82, 2.24) is 34.5 Å². The van der Waals surface area contributed by atoms with E-state index in [1.165, 1.54) is 12.4 Å². The zero-order chi connectivity index (χ0) is 17.9. The first kappa shape index (κ1) is 16.4. The molecule has 3 aromatic rings. The minimum atomic E-state index is -0.0906. The summed E-state index contributed by atoms with van der Waals surface area (Å²) in [6, 6.07) is 3.59. The van der Waals surface area contributed by atoms with Gasteiger partial charge in [0.2, 0.25) is 5.95 Å². The van der Waals surface area contributed by atoms with Gasteiger partial charge in [-0.3, -0.25) is 4.79 Å². The normalized spacial score (nSPS) is 20.0. The van der Waals surface area contributed by atoms with Gasteiger partial charge in [-0.05, 0) is 44.2 Å². The van der Waals surface area contributed by atoms with Gasteiger partial charge in [0, 0.05) is 24.5 Å². The number of hydrogen-bond donors (Lipinski definition) is 1. The first-order valence-corrected chi connectivity index (χ1v) is 8.69. The van der Waals surface area contributed by atoms with Crippen molar-refractivity contribution < 1.29 is 0 Å². The van der Waals surface area contributed by atoms with Gasteiger partial charge >= 0.3 is 0 Å². The van der Waals surface area contributed by atoms with Crippen LogP contribution in [0, 0.1) is 6.92 Å². The molecule has 4 rings (SSSR count). The number of nitrogens with one attached hydrogen (secondary N) is 1. The van der Waals surface area contributed by atoms with Crippen LogP contribution >= 0.6 is 0 Å². The lowest BCUT2D eigenvalue weighted by Gasteiger charge is -2.29. The topological polar surface area (TPSA) is 103 Å². The fourth-order valence-electron chi connectivity index (χ4n) is 3.24. The Morgan fingerprint density at radius 2 is 1.88 bits per heavy atom. The third kappa shape index (κ3) is 3.46. The number of aryl methyl sites for hydroxylation is 1. The lowest BCUT2D eigenvalue weighted by molar-refractivity contribution is 0.302. The summed E-state index contributed by atoms with van der Waals surface area (Å²) in [5.74, 6) is 1.25. The molecule has 0 atom stereocenters. The van der Waals surface area contributed by atoms with Crippen LogP contribution < -0.4 is 10.9 Å². The van der Waals surface area contributed by atoms with Crippen molar-refractivity contribution in [3.8, 4) is 5.82 Å². The summed E-state index contributed by atoms with van der Waals surface area (Å²) in [4.78, 5) is 24.8. The highest BCUT2D eigenvalue weighted by Crippen LogP contribution is 2.28. The predicted molar refractivity (Wildman–Crippen MR) is 95.1 cm³/mol. The molecule has 0 radical (unpaired) electrons. The minimum absolute atomic E-state index is 0.0861. The van der Waals surface area contributed by atoms with Gasteiger partial charge in [-0.15, -0.1) is 5.10 Å². The molecule has 3 aromatic heterocycles. The molecule has 3 heterocycles. The number of aromatic nitrogens is 7. The Hall–Kier alpha value is -3.10. The highest BCUT2D eigenvalue weighted by Gasteiger charge is 2.24. The van der Waals surface area contributed by atoms with Crippen LogP contribution in [0.25, 0.3) is 5.82 Å². The molecule has 1 aliphatic carbocycles. The third-order valence-electron chi connectivity index (χ3n) is 4.62. The summed E-state index contributed by atoms with van der Waals surface area (Å²) in [6.45, 7) is 1.97. The monoisotopic (exact) mass is 352 g/mol. The molecule has 9 nitrogen and oxygen atoms in total. The molecule has 1 N–H and O–H groups in total. The highest BCUT2D eigenvalue weighted by molar-refractivity contribution is 5.26. The van der Waals surface area contributed by atoms with Gasteiger partial charge in [-0.2, -0.15) is 5.10 Å². The maximum Gasteiger partial charge on any atom is 0.267 e. The summed E-state index contributed by atoms with van der Waals surface area (Å²) < 4.78 is 3.13. The number of hydrogen-bond acceptors (Lipinski definition) is 7. The lowest BCUT2D eigenvalue weighted by atomic mass is 9.91. The molecule has 0 amide bonds. The Bertz CT molecular complexity index is 911. The van der Waals surface area contributed by atoms with Crippen LogP contribution in [0.4, 0.5) is 5.95 Å². The van der Waals surface area contributed by atoms with E-state index in [9.17, 15) is 4.79 Å². The highest BCUT2D eigenvalue weighted by atomic mass is 16.1. The zero-order valence-corrected chi connectivity index (χ0v) is 14.5. The molecule has 0 unspecified atom stereocenters. The Labute approximate surface area is 150 Å². The maximum absolute atomic E-state index is 12.3. The Morgan fingerprint density at radius 1 is 1.12 bits per heavy atom. The molecule has 1 fully saturated rings. The van der Waals surface area contributed by atoms with Gasteiger partial charge in [0.05, 0.1) is 6.04 Å². The van der Waals surface area contributed by atoms with E-state index < -0.39 is 0 Å². The average molecular weight is 352 g/mol. The van der Waals surface area contributed by atoms with Crippen molar-refractivity contribution in [3.63, 3.8) is 0 Å². The Kier molecular flexibility index (Phi) is 4.42. The molecule has 0 aromatic carbocycles. The SMILES string of the molecule is Cc1cnc(NC2CCC(n3nc(-n4cncn4)ccc3=O)CC2)nc1. The van der Waals surface area contributed by atoms with Gasteiger partial charge in [0.1, 0.15) is 12.7 Å². The van der Waals surface area contributed by atoms with Gasteiger partial charge in [0.25, 0.3) is 5.56 Å². The lowest BCUT2D eigenvalue weighted by Crippen LogP contribution is -2.33. The van der Waals surface area contributed by atoms with E-state index in [-0.39, 0.29) is 11.6 Å². The summed E-state index contributed by atoms with van der Waals surface area (Å²) >= 11 is 0. The van der Waals surface area contributed by atoms with Crippen molar-refractivity contribution in [2.75, 3.05) is 5.32 Å². The largest absolute Gasteiger partial charge is 0.351 e. The quantitative estimate of drug-likeness (QED) is 0.759. The van der Waals surface area contributed by atoms with E-state index in [0.717, 1.165) is 31.2 Å². The van der Waals surface area contributed by atoms with Crippen LogP contribution in [-0.2, 0) is 0 Å². The number of nitrogens with zero attached hydrogens (tertiary/aromatic N) is 7. The summed E-state index contributed by atoms with van der Waals surface area (Å²) in [5.41, 5.74) is 0.948. The van der Waals surface area contributed by atoms with Gasteiger partial charge in [-0.1, -0.05) is 0 Å². The summed E-state index contributed by atoms with van der Waals surface area (Å²) in [5, 5.41) is 11.9. The second-order valence-electron chi connectivity index (χ2n) is 6.55. The molecule has 9 heteroatoms. The molecule has 26 heavy (non-hydrogen) atoms. The van der Waals surface area contributed by atoms with Gasteiger partial charge in [-0.25, -0.2) is 24.3 Å². The standard InChI is InChI=1S/C17H20N8O/c1-12-8-19-17(20-9-12)22-13-2-4-14(5-3-13)25-16(26)7-6-15(23-25)24-11-18-10-21-24/h6-11,13-14H,2-5H2,1H3,(H,19,20,22). The molecular weight excluding hydrogens is 332 g/mol. The zero-order valence-electron chi connectivity index (χ0n) is 14.5. The van der Waals surface area contributed by atoms with Crippen LogP contribution in [0.2, 0.25) is 0 Å².